The largest absolute Gasteiger partial charge is 0.356 e. The van der Waals surface area contributed by atoms with E-state index < -0.39 is 12.1 Å². The zero-order valence-corrected chi connectivity index (χ0v) is 18.9. The predicted octanol–water partition coefficient (Wildman–Crippen LogP) is 4.85. The van der Waals surface area contributed by atoms with Crippen LogP contribution in [0, 0.1) is 5.92 Å². The first-order valence-corrected chi connectivity index (χ1v) is 11.7. The number of halogens is 1. The van der Waals surface area contributed by atoms with Crippen molar-refractivity contribution in [3.8, 4) is 0 Å². The Kier molecular flexibility index (Phi) is 5.81. The highest BCUT2D eigenvalue weighted by molar-refractivity contribution is 6.31. The lowest BCUT2D eigenvalue weighted by atomic mass is 9.59. The Hall–Kier alpha value is -3.31. The molecule has 6 heteroatoms. The van der Waals surface area contributed by atoms with Crippen molar-refractivity contribution in [1.29, 1.82) is 0 Å². The summed E-state index contributed by atoms with van der Waals surface area (Å²) >= 11 is 6.30. The first kappa shape index (κ1) is 21.5. The predicted molar refractivity (Wildman–Crippen MR) is 129 cm³/mol. The van der Waals surface area contributed by atoms with Crippen LogP contribution in [-0.2, 0) is 4.79 Å². The molecule has 4 N–H and O–H groups in total. The zero-order valence-electron chi connectivity index (χ0n) is 18.1. The summed E-state index contributed by atoms with van der Waals surface area (Å²) in [5.74, 6) is 0.797. The first-order valence-electron chi connectivity index (χ1n) is 11.3. The molecule has 33 heavy (non-hydrogen) atoms. The molecule has 0 fully saturated rings. The van der Waals surface area contributed by atoms with Crippen molar-refractivity contribution in [2.24, 2.45) is 11.7 Å². The molecule has 3 aromatic rings. The van der Waals surface area contributed by atoms with Gasteiger partial charge in [-0.05, 0) is 46.2 Å². The molecule has 3 aliphatic rings. The number of fused-ring (bicyclic) bond motifs is 1. The summed E-state index contributed by atoms with van der Waals surface area (Å²) in [6.07, 6.45) is 1.08. The van der Waals surface area contributed by atoms with Crippen LogP contribution in [0.4, 0.5) is 4.79 Å². The molecule has 3 aromatic carbocycles. The number of benzene rings is 3. The van der Waals surface area contributed by atoms with Gasteiger partial charge in [-0.3, -0.25) is 4.79 Å². The van der Waals surface area contributed by atoms with E-state index in [0.29, 0.717) is 29.0 Å². The SMILES string of the molecule is NC(=O)N[C@@H](CC(=O)NC[C@@H]1CC2c3ccccc3C1c1ccccc12)c1ccccc1Cl. The second kappa shape index (κ2) is 8.91. The Balaban J connectivity index is 1.32. The normalized spacial score (nSPS) is 20.9. The van der Waals surface area contributed by atoms with E-state index in [0.717, 1.165) is 6.42 Å². The number of nitrogens with two attached hydrogens (primary N) is 1. The van der Waals surface area contributed by atoms with Crippen LogP contribution in [-0.4, -0.2) is 18.5 Å². The van der Waals surface area contributed by atoms with Gasteiger partial charge in [0.05, 0.1) is 12.5 Å². The van der Waals surface area contributed by atoms with Crippen molar-refractivity contribution in [2.75, 3.05) is 6.54 Å². The molecular weight excluding hydrogens is 434 g/mol. The van der Waals surface area contributed by atoms with E-state index in [9.17, 15) is 9.59 Å². The van der Waals surface area contributed by atoms with Gasteiger partial charge < -0.3 is 16.4 Å². The zero-order chi connectivity index (χ0) is 22.9. The van der Waals surface area contributed by atoms with Crippen molar-refractivity contribution in [3.63, 3.8) is 0 Å². The van der Waals surface area contributed by atoms with Gasteiger partial charge in [0.15, 0.2) is 0 Å². The fourth-order valence-electron chi connectivity index (χ4n) is 5.63. The van der Waals surface area contributed by atoms with Crippen LogP contribution in [0.2, 0.25) is 5.02 Å². The summed E-state index contributed by atoms with van der Waals surface area (Å²) in [4.78, 5) is 24.5. The maximum atomic E-state index is 12.9. The molecule has 6 rings (SSSR count). The highest BCUT2D eigenvalue weighted by Gasteiger charge is 2.42. The van der Waals surface area contributed by atoms with Gasteiger partial charge in [0.1, 0.15) is 0 Å². The molecule has 0 spiro atoms. The van der Waals surface area contributed by atoms with Crippen LogP contribution in [0.25, 0.3) is 0 Å². The molecule has 0 saturated heterocycles. The second-order valence-corrected chi connectivity index (χ2v) is 9.28. The molecule has 2 bridgehead atoms. The van der Waals surface area contributed by atoms with E-state index in [1.54, 1.807) is 18.2 Å². The molecule has 2 atom stereocenters. The standard InChI is InChI=1S/C27H26ClN3O2/c28-23-12-6-5-11-21(23)24(31-27(29)33)14-25(32)30-15-16-13-22-17-7-1-3-9-19(17)26(16)20-10-4-2-8-18(20)22/h1-12,16,22,24,26H,13-15H2,(H,30,32)(H3,29,31,33)/t16-,22?,24-,26?/m0/s1. The van der Waals surface area contributed by atoms with Crippen molar-refractivity contribution < 1.29 is 9.59 Å². The van der Waals surface area contributed by atoms with Crippen molar-refractivity contribution in [1.82, 2.24) is 10.6 Å². The van der Waals surface area contributed by atoms with Gasteiger partial charge in [-0.15, -0.1) is 0 Å². The topological polar surface area (TPSA) is 84.2 Å². The van der Waals surface area contributed by atoms with E-state index in [1.165, 1.54) is 22.3 Å². The number of urea groups is 1. The summed E-state index contributed by atoms with van der Waals surface area (Å²) in [6, 6.07) is 23.2. The Labute approximate surface area is 198 Å². The van der Waals surface area contributed by atoms with Crippen LogP contribution in [0.1, 0.15) is 58.5 Å². The highest BCUT2D eigenvalue weighted by Crippen LogP contribution is 2.55. The van der Waals surface area contributed by atoms with E-state index in [4.69, 9.17) is 17.3 Å². The second-order valence-electron chi connectivity index (χ2n) is 8.87. The van der Waals surface area contributed by atoms with E-state index in [2.05, 4.69) is 59.2 Å². The van der Waals surface area contributed by atoms with E-state index in [1.807, 2.05) is 6.07 Å². The third-order valence-corrected chi connectivity index (χ3v) is 7.32. The molecule has 5 nitrogen and oxygen atoms in total. The molecule has 0 radical (unpaired) electrons. The van der Waals surface area contributed by atoms with Crippen molar-refractivity contribution >= 4 is 23.5 Å². The smallest absolute Gasteiger partial charge is 0.312 e. The summed E-state index contributed by atoms with van der Waals surface area (Å²) in [5, 5.41) is 6.26. The molecule has 0 saturated carbocycles. The Morgan fingerprint density at radius 2 is 1.48 bits per heavy atom. The van der Waals surface area contributed by atoms with Gasteiger partial charge in [0.25, 0.3) is 0 Å². The molecule has 3 aliphatic carbocycles. The average molecular weight is 460 g/mol. The van der Waals surface area contributed by atoms with Crippen molar-refractivity contribution in [3.05, 3.63) is 106 Å². The van der Waals surface area contributed by atoms with Crippen molar-refractivity contribution in [2.45, 2.75) is 30.7 Å². The van der Waals surface area contributed by atoms with Crippen LogP contribution < -0.4 is 16.4 Å². The minimum Gasteiger partial charge on any atom is -0.356 e. The monoisotopic (exact) mass is 459 g/mol. The van der Waals surface area contributed by atoms with Crippen LogP contribution >= 0.6 is 11.6 Å². The summed E-state index contributed by atoms with van der Waals surface area (Å²) in [6.45, 7) is 0.578. The van der Waals surface area contributed by atoms with Gasteiger partial charge in [-0.2, -0.15) is 0 Å². The number of nitrogens with one attached hydrogen (secondary N) is 2. The fourth-order valence-corrected chi connectivity index (χ4v) is 5.90. The number of carbonyl (C=O) groups is 2. The lowest BCUT2D eigenvalue weighted by molar-refractivity contribution is -0.121. The van der Waals surface area contributed by atoms with Gasteiger partial charge in [-0.1, -0.05) is 78.3 Å². The Morgan fingerprint density at radius 1 is 0.909 bits per heavy atom. The fraction of sp³-hybridized carbons (Fsp3) is 0.259. The summed E-state index contributed by atoms with van der Waals surface area (Å²) < 4.78 is 0. The molecule has 0 unspecified atom stereocenters. The van der Waals surface area contributed by atoms with Crippen LogP contribution in [0.5, 0.6) is 0 Å². The number of hydrogen-bond donors (Lipinski definition) is 3. The van der Waals surface area contributed by atoms with Crippen LogP contribution in [0.15, 0.2) is 72.8 Å². The van der Waals surface area contributed by atoms with E-state index in [-0.39, 0.29) is 18.2 Å². The molecule has 3 amide bonds. The van der Waals surface area contributed by atoms with E-state index >= 15 is 0 Å². The molecule has 168 valence electrons. The summed E-state index contributed by atoms with van der Waals surface area (Å²) in [7, 11) is 0. The Morgan fingerprint density at radius 3 is 2.09 bits per heavy atom. The first-order chi connectivity index (χ1) is 16.0. The minimum absolute atomic E-state index is 0.0701. The number of amides is 3. The lowest BCUT2D eigenvalue weighted by Gasteiger charge is -2.45. The average Bonchev–Trinajstić information content (AvgIpc) is 2.82. The third-order valence-electron chi connectivity index (χ3n) is 6.97. The Bertz CT molecular complexity index is 1160. The maximum absolute atomic E-state index is 12.9. The number of rotatable bonds is 6. The van der Waals surface area contributed by atoms with Gasteiger partial charge in [-0.25, -0.2) is 4.79 Å². The number of hydrogen-bond acceptors (Lipinski definition) is 2. The number of carbonyl (C=O) groups excluding carboxylic acids is 2. The highest BCUT2D eigenvalue weighted by atomic mass is 35.5. The minimum atomic E-state index is -0.689. The molecular formula is C27H26ClN3O2. The molecule has 0 aliphatic heterocycles. The lowest BCUT2D eigenvalue weighted by Crippen LogP contribution is -2.41. The quantitative estimate of drug-likeness (QED) is 0.492. The van der Waals surface area contributed by atoms with Gasteiger partial charge in [0.2, 0.25) is 5.91 Å². The number of primary amides is 1. The van der Waals surface area contributed by atoms with Gasteiger partial charge >= 0.3 is 6.03 Å². The maximum Gasteiger partial charge on any atom is 0.312 e. The molecule has 0 heterocycles. The van der Waals surface area contributed by atoms with Gasteiger partial charge in [0, 0.05) is 23.4 Å². The van der Waals surface area contributed by atoms with Crippen LogP contribution in [0.3, 0.4) is 0 Å². The third kappa shape index (κ3) is 4.09. The molecule has 0 aromatic heterocycles. The summed E-state index contributed by atoms with van der Waals surface area (Å²) in [5.41, 5.74) is 11.6.